The summed E-state index contributed by atoms with van der Waals surface area (Å²) in [7, 11) is 0. The summed E-state index contributed by atoms with van der Waals surface area (Å²) < 4.78 is 77.3. The van der Waals surface area contributed by atoms with E-state index in [-0.39, 0.29) is 36.8 Å². The largest absolute Gasteiger partial charge is 0.416 e. The van der Waals surface area contributed by atoms with Gasteiger partial charge in [0.2, 0.25) is 0 Å². The molecule has 1 N–H and O–H groups in total. The first-order valence-corrected chi connectivity index (χ1v) is 7.36. The van der Waals surface area contributed by atoms with Crippen LogP contribution in [-0.4, -0.2) is 37.3 Å². The minimum atomic E-state index is -4.58. The van der Waals surface area contributed by atoms with Crippen LogP contribution in [0.3, 0.4) is 0 Å². The van der Waals surface area contributed by atoms with E-state index < -0.39 is 30.4 Å². The Bertz CT molecular complexity index is 515. The number of hydrogen-bond donors (Lipinski definition) is 1. The maximum atomic E-state index is 13.2. The zero-order valence-corrected chi connectivity index (χ0v) is 14.8. The topological polar surface area (TPSA) is 15.3 Å². The maximum absolute atomic E-state index is 13.2. The Morgan fingerprint density at radius 1 is 0.960 bits per heavy atom. The molecule has 0 spiro atoms. The van der Waals surface area contributed by atoms with Gasteiger partial charge in [-0.1, -0.05) is 18.2 Å². The van der Waals surface area contributed by atoms with E-state index in [0.29, 0.717) is 26.2 Å². The summed E-state index contributed by atoms with van der Waals surface area (Å²) in [5, 5.41) is 3.05. The van der Waals surface area contributed by atoms with E-state index in [4.69, 9.17) is 0 Å². The Hall–Kier alpha value is -0.700. The highest BCUT2D eigenvalue weighted by Gasteiger charge is 2.38. The average molecular weight is 413 g/mol. The summed E-state index contributed by atoms with van der Waals surface area (Å²) >= 11 is 0. The van der Waals surface area contributed by atoms with Gasteiger partial charge >= 0.3 is 12.4 Å². The maximum Gasteiger partial charge on any atom is 0.416 e. The van der Waals surface area contributed by atoms with E-state index in [0.717, 1.165) is 6.07 Å². The quantitative estimate of drug-likeness (QED) is 0.711. The average Bonchev–Trinajstić information content (AvgIpc) is 2.47. The van der Waals surface area contributed by atoms with Crippen molar-refractivity contribution in [3.8, 4) is 0 Å². The molecule has 1 aromatic rings. The fourth-order valence-corrected chi connectivity index (χ4v) is 2.87. The highest BCUT2D eigenvalue weighted by molar-refractivity contribution is 5.85. The van der Waals surface area contributed by atoms with Crippen LogP contribution in [0.2, 0.25) is 0 Å². The van der Waals surface area contributed by atoms with Crippen LogP contribution >= 0.6 is 24.8 Å². The number of halogens is 8. The van der Waals surface area contributed by atoms with Crippen LogP contribution in [0.25, 0.3) is 0 Å². The standard InChI is InChI=1S/C15H18F6N2.2ClH/c16-14(17,18)6-5-13(23-9-7-22-8-10-23)11-3-1-2-4-12(11)15(19,20)21;;/h1-4,13,22H,5-10H2;2*1H/t13-;;/m0../s1. The molecule has 0 amide bonds. The second-order valence-corrected chi connectivity index (χ2v) is 5.54. The first-order valence-electron chi connectivity index (χ1n) is 7.36. The molecule has 0 aromatic heterocycles. The number of hydrogen-bond acceptors (Lipinski definition) is 2. The number of piperazine rings is 1. The van der Waals surface area contributed by atoms with Crippen molar-refractivity contribution in [3.05, 3.63) is 35.4 Å². The molecule has 0 bridgehead atoms. The van der Waals surface area contributed by atoms with Crippen molar-refractivity contribution in [2.24, 2.45) is 0 Å². The summed E-state index contributed by atoms with van der Waals surface area (Å²) in [6.07, 6.45) is -10.5. The molecule has 1 atom stereocenters. The van der Waals surface area contributed by atoms with Gasteiger partial charge in [0.1, 0.15) is 0 Å². The van der Waals surface area contributed by atoms with Gasteiger partial charge < -0.3 is 5.32 Å². The highest BCUT2D eigenvalue weighted by Crippen LogP contribution is 2.39. The highest BCUT2D eigenvalue weighted by atomic mass is 35.5. The molecule has 10 heteroatoms. The van der Waals surface area contributed by atoms with Crippen LogP contribution in [0.4, 0.5) is 26.3 Å². The minimum absolute atomic E-state index is 0. The van der Waals surface area contributed by atoms with E-state index in [1.54, 1.807) is 4.90 Å². The predicted octanol–water partition coefficient (Wildman–Crippen LogP) is 4.84. The SMILES string of the molecule is Cl.Cl.FC(F)(F)CC[C@@H](c1ccccc1C(F)(F)F)N1CCNCC1. The van der Waals surface area contributed by atoms with Gasteiger partial charge in [-0.15, -0.1) is 24.8 Å². The minimum Gasteiger partial charge on any atom is -0.314 e. The van der Waals surface area contributed by atoms with E-state index in [2.05, 4.69) is 5.32 Å². The summed E-state index contributed by atoms with van der Waals surface area (Å²) in [6.45, 7) is 1.96. The van der Waals surface area contributed by atoms with Gasteiger partial charge in [-0.2, -0.15) is 26.3 Å². The lowest BCUT2D eigenvalue weighted by Crippen LogP contribution is -2.45. The number of alkyl halides is 6. The predicted molar refractivity (Wildman–Crippen MR) is 88.4 cm³/mol. The molecule has 2 rings (SSSR count). The van der Waals surface area contributed by atoms with E-state index in [1.165, 1.54) is 18.2 Å². The van der Waals surface area contributed by atoms with Gasteiger partial charge in [-0.3, -0.25) is 4.90 Å². The first kappa shape index (κ1) is 24.3. The Morgan fingerprint density at radius 3 is 2.04 bits per heavy atom. The van der Waals surface area contributed by atoms with Crippen LogP contribution in [0.15, 0.2) is 24.3 Å². The fraction of sp³-hybridized carbons (Fsp3) is 0.600. The molecule has 146 valence electrons. The molecule has 1 aromatic carbocycles. The molecule has 0 unspecified atom stereocenters. The van der Waals surface area contributed by atoms with Crippen molar-refractivity contribution in [2.45, 2.75) is 31.2 Å². The molecule has 25 heavy (non-hydrogen) atoms. The number of benzene rings is 1. The Kier molecular flexibility index (Phi) is 9.57. The van der Waals surface area contributed by atoms with Gasteiger partial charge in [0.25, 0.3) is 0 Å². The third-order valence-electron chi connectivity index (χ3n) is 3.92. The number of nitrogens with one attached hydrogen (secondary N) is 1. The molecule has 0 radical (unpaired) electrons. The molecule has 0 aliphatic carbocycles. The van der Waals surface area contributed by atoms with Gasteiger partial charge in [0, 0.05) is 38.6 Å². The second kappa shape index (κ2) is 9.85. The van der Waals surface area contributed by atoms with E-state index in [1.807, 2.05) is 0 Å². The first-order chi connectivity index (χ1) is 10.7. The summed E-state index contributed by atoms with van der Waals surface area (Å²) in [5.74, 6) is 0. The van der Waals surface area contributed by atoms with Crippen molar-refractivity contribution in [1.82, 2.24) is 10.2 Å². The van der Waals surface area contributed by atoms with Crippen molar-refractivity contribution in [2.75, 3.05) is 26.2 Å². The lowest BCUT2D eigenvalue weighted by molar-refractivity contribution is -0.141. The molecule has 1 heterocycles. The third kappa shape index (κ3) is 7.21. The third-order valence-corrected chi connectivity index (χ3v) is 3.92. The fourth-order valence-electron chi connectivity index (χ4n) is 2.87. The van der Waals surface area contributed by atoms with Crippen molar-refractivity contribution < 1.29 is 26.3 Å². The van der Waals surface area contributed by atoms with Gasteiger partial charge in [-0.25, -0.2) is 0 Å². The number of nitrogens with zero attached hydrogens (tertiary/aromatic N) is 1. The lowest BCUT2D eigenvalue weighted by atomic mass is 9.94. The lowest BCUT2D eigenvalue weighted by Gasteiger charge is -2.36. The molecule has 1 aliphatic rings. The van der Waals surface area contributed by atoms with E-state index in [9.17, 15) is 26.3 Å². The summed E-state index contributed by atoms with van der Waals surface area (Å²) in [4.78, 5) is 1.70. The molecule has 2 nitrogen and oxygen atoms in total. The monoisotopic (exact) mass is 412 g/mol. The van der Waals surface area contributed by atoms with Crippen molar-refractivity contribution in [1.29, 1.82) is 0 Å². The molecule has 1 aliphatic heterocycles. The van der Waals surface area contributed by atoms with Crippen LogP contribution in [0.1, 0.15) is 30.0 Å². The van der Waals surface area contributed by atoms with Crippen LogP contribution in [0.5, 0.6) is 0 Å². The van der Waals surface area contributed by atoms with Crippen LogP contribution in [0, 0.1) is 0 Å². The van der Waals surface area contributed by atoms with Gasteiger partial charge in [-0.05, 0) is 18.1 Å². The molecular weight excluding hydrogens is 393 g/mol. The number of rotatable bonds is 4. The normalized spacial score (nSPS) is 17.4. The van der Waals surface area contributed by atoms with Gasteiger partial charge in [0.05, 0.1) is 5.56 Å². The van der Waals surface area contributed by atoms with Crippen molar-refractivity contribution in [3.63, 3.8) is 0 Å². The zero-order valence-electron chi connectivity index (χ0n) is 13.2. The summed E-state index contributed by atoms with van der Waals surface area (Å²) in [5.41, 5.74) is -0.933. The van der Waals surface area contributed by atoms with Crippen molar-refractivity contribution >= 4 is 24.8 Å². The smallest absolute Gasteiger partial charge is 0.314 e. The molecule has 1 saturated heterocycles. The Balaban J connectivity index is 0.00000288. The zero-order chi connectivity index (χ0) is 17.1. The molecule has 1 fully saturated rings. The summed E-state index contributed by atoms with van der Waals surface area (Å²) in [6, 6.07) is 4.01. The molecule has 0 saturated carbocycles. The Labute approximate surface area is 154 Å². The Morgan fingerprint density at radius 2 is 1.52 bits per heavy atom. The second-order valence-electron chi connectivity index (χ2n) is 5.54. The van der Waals surface area contributed by atoms with Crippen LogP contribution in [-0.2, 0) is 6.18 Å². The van der Waals surface area contributed by atoms with Gasteiger partial charge in [0.15, 0.2) is 0 Å². The molecular formula is C15H20Cl2F6N2. The van der Waals surface area contributed by atoms with Crippen LogP contribution < -0.4 is 5.32 Å². The van der Waals surface area contributed by atoms with E-state index >= 15 is 0 Å².